The molecule has 4 heterocycles. The Morgan fingerprint density at radius 3 is 2.17 bits per heavy atom. The van der Waals surface area contributed by atoms with Crippen molar-refractivity contribution in [3.05, 3.63) is 163 Å². The molecule has 11 rings (SSSR count). The molecular weight excluding hydrogens is 894 g/mol. The van der Waals surface area contributed by atoms with Gasteiger partial charge in [0.1, 0.15) is 5.58 Å². The monoisotopic (exact) mass is 924 g/mol. The molecule has 255 valence electrons. The first-order chi connectivity index (χ1) is 25.7. The molecule has 10 aromatic rings. The molecule has 7 aromatic carbocycles. The van der Waals surface area contributed by atoms with Crippen LogP contribution in [0.2, 0.25) is 0 Å². The fourth-order valence-electron chi connectivity index (χ4n) is 7.28. The summed E-state index contributed by atoms with van der Waals surface area (Å²) in [6.07, 6.45) is 3.47. The first-order valence-electron chi connectivity index (χ1n) is 17.3. The van der Waals surface area contributed by atoms with Gasteiger partial charge in [-0.05, 0) is 57.8 Å². The van der Waals surface area contributed by atoms with Crippen molar-refractivity contribution in [2.75, 3.05) is 0 Å². The van der Waals surface area contributed by atoms with Crippen molar-refractivity contribution in [2.24, 2.45) is 9.98 Å². The molecule has 6 heteroatoms. The second kappa shape index (κ2) is 13.8. The topological polar surface area (TPSA) is 50.8 Å². The predicted octanol–water partition coefficient (Wildman–Crippen LogP) is 11.5. The Balaban J connectivity index is 0.000000138. The van der Waals surface area contributed by atoms with Crippen LogP contribution in [0.1, 0.15) is 12.5 Å². The fraction of sp³-hybridized carbons (Fsp3) is 0.0426. The van der Waals surface area contributed by atoms with Gasteiger partial charge in [0, 0.05) is 20.1 Å². The number of hydrogen-bond acceptors (Lipinski definition) is 4. The van der Waals surface area contributed by atoms with Crippen LogP contribution in [-0.4, -0.2) is 37.6 Å². The van der Waals surface area contributed by atoms with E-state index in [0.29, 0.717) is 0 Å². The van der Waals surface area contributed by atoms with E-state index in [2.05, 4.69) is 136 Å². The minimum atomic E-state index is 0. The molecular formula is C47H29IrN3OSe-2. The zero-order chi connectivity index (χ0) is 34.6. The molecule has 1 aliphatic rings. The van der Waals surface area contributed by atoms with E-state index in [9.17, 15) is 0 Å². The molecule has 0 bridgehead atoms. The zero-order valence-corrected chi connectivity index (χ0v) is 32.6. The summed E-state index contributed by atoms with van der Waals surface area (Å²) < 4.78 is 9.05. The van der Waals surface area contributed by atoms with Gasteiger partial charge in [-0.15, -0.1) is 17.7 Å². The van der Waals surface area contributed by atoms with Crippen LogP contribution >= 0.6 is 0 Å². The summed E-state index contributed by atoms with van der Waals surface area (Å²) >= 11 is 0.252. The van der Waals surface area contributed by atoms with Gasteiger partial charge in [-0.3, -0.25) is 9.98 Å². The Morgan fingerprint density at radius 2 is 1.40 bits per heavy atom. The zero-order valence-electron chi connectivity index (χ0n) is 28.5. The van der Waals surface area contributed by atoms with Crippen molar-refractivity contribution in [1.82, 2.24) is 4.98 Å². The molecule has 0 N–H and O–H groups in total. The van der Waals surface area contributed by atoms with Crippen LogP contribution in [-0.2, 0) is 20.1 Å². The first kappa shape index (κ1) is 33.4. The van der Waals surface area contributed by atoms with E-state index in [-0.39, 0.29) is 40.7 Å². The van der Waals surface area contributed by atoms with Gasteiger partial charge in [-0.1, -0.05) is 41.8 Å². The Labute approximate surface area is 325 Å². The average molecular weight is 923 g/mol. The van der Waals surface area contributed by atoms with Gasteiger partial charge in [0.15, 0.2) is 0 Å². The van der Waals surface area contributed by atoms with E-state index in [1.807, 2.05) is 43.5 Å². The van der Waals surface area contributed by atoms with Gasteiger partial charge in [-0.2, -0.15) is 0 Å². The quantitative estimate of drug-likeness (QED) is 0.101. The van der Waals surface area contributed by atoms with E-state index in [4.69, 9.17) is 4.42 Å². The maximum absolute atomic E-state index is 6.19. The summed E-state index contributed by atoms with van der Waals surface area (Å²) in [6, 6.07) is 55.8. The molecule has 1 aliphatic heterocycles. The fourth-order valence-corrected chi connectivity index (χ4v) is 10.1. The SMILES string of the molecule is CC1N=CN=C1c1[c-]cc2c(c1)oc1cc3cc4ccccc4cc3cc12.[Ir].[c-]1ccc2c([se]c3c(-c4ccccc4)cccc32)c1-c1ccccn1. The van der Waals surface area contributed by atoms with Crippen molar-refractivity contribution >= 4 is 89.3 Å². The number of hydrogen-bond donors (Lipinski definition) is 0. The minimum absolute atomic E-state index is 0. The second-order valence-electron chi connectivity index (χ2n) is 13.0. The predicted molar refractivity (Wildman–Crippen MR) is 218 cm³/mol. The molecule has 1 unspecified atom stereocenters. The summed E-state index contributed by atoms with van der Waals surface area (Å²) in [5.41, 5.74) is 8.44. The van der Waals surface area contributed by atoms with E-state index < -0.39 is 0 Å². The second-order valence-corrected chi connectivity index (χ2v) is 15.2. The average Bonchev–Trinajstić information content (AvgIpc) is 3.91. The molecule has 0 saturated heterocycles. The van der Waals surface area contributed by atoms with Gasteiger partial charge in [-0.25, -0.2) is 0 Å². The molecule has 0 amide bonds. The molecule has 0 aliphatic carbocycles. The number of benzene rings is 7. The molecule has 0 spiro atoms. The summed E-state index contributed by atoms with van der Waals surface area (Å²) in [6.45, 7) is 2.04. The number of pyridine rings is 1. The van der Waals surface area contributed by atoms with Crippen LogP contribution in [0.3, 0.4) is 0 Å². The number of fused-ring (bicyclic) bond motifs is 8. The third-order valence-corrected chi connectivity index (χ3v) is 12.5. The normalized spacial score (nSPS) is 13.8. The van der Waals surface area contributed by atoms with Crippen LogP contribution in [0.25, 0.3) is 85.2 Å². The maximum atomic E-state index is 6.19. The van der Waals surface area contributed by atoms with Crippen LogP contribution in [0.4, 0.5) is 0 Å². The number of rotatable bonds is 3. The number of aromatic nitrogens is 1. The van der Waals surface area contributed by atoms with Gasteiger partial charge in [0.25, 0.3) is 0 Å². The number of nitrogens with zero attached hydrogens (tertiary/aromatic N) is 3. The third-order valence-electron chi connectivity index (χ3n) is 9.85. The van der Waals surface area contributed by atoms with Crippen LogP contribution in [0.5, 0.6) is 0 Å². The van der Waals surface area contributed by atoms with E-state index in [1.165, 1.54) is 52.0 Å². The molecule has 0 saturated carbocycles. The molecule has 1 atom stereocenters. The van der Waals surface area contributed by atoms with Crippen molar-refractivity contribution in [3.63, 3.8) is 0 Å². The van der Waals surface area contributed by atoms with Crippen LogP contribution < -0.4 is 0 Å². The molecule has 53 heavy (non-hydrogen) atoms. The van der Waals surface area contributed by atoms with Crippen molar-refractivity contribution < 1.29 is 24.5 Å². The molecule has 1 radical (unpaired) electrons. The van der Waals surface area contributed by atoms with E-state index in [0.717, 1.165) is 44.5 Å². The third kappa shape index (κ3) is 5.95. The van der Waals surface area contributed by atoms with Gasteiger partial charge in [0.2, 0.25) is 0 Å². The standard InChI is InChI=1S/C24H15N2O.C23H14NSe.Ir/c1-14-24(26-13-25-14)17-6-7-20-21-10-18-8-15-4-2-3-5-16(15)9-19(18)12-23(21)27-22(20)11-17;1-2-8-16(9-3-1)17-10-6-11-18-19-12-7-13-20(23(19)25-22(17)18)21-14-4-5-15-24-21;/h2-5,7-14H,1H3;1-12,14-15H;/q2*-1;. The van der Waals surface area contributed by atoms with Gasteiger partial charge in [0.05, 0.1) is 18.0 Å². The summed E-state index contributed by atoms with van der Waals surface area (Å²) in [4.78, 5) is 13.2. The number of furan rings is 1. The Hall–Kier alpha value is -5.48. The van der Waals surface area contributed by atoms with Crippen molar-refractivity contribution in [3.8, 4) is 22.4 Å². The van der Waals surface area contributed by atoms with Crippen LogP contribution in [0, 0.1) is 12.1 Å². The summed E-state index contributed by atoms with van der Waals surface area (Å²) in [5, 5.41) is 9.80. The summed E-state index contributed by atoms with van der Waals surface area (Å²) in [5.74, 6) is 0. The van der Waals surface area contributed by atoms with E-state index in [1.54, 1.807) is 6.34 Å². The van der Waals surface area contributed by atoms with Crippen molar-refractivity contribution in [2.45, 2.75) is 13.0 Å². The van der Waals surface area contributed by atoms with Crippen molar-refractivity contribution in [1.29, 1.82) is 0 Å². The Bertz CT molecular complexity index is 2940. The van der Waals surface area contributed by atoms with Crippen LogP contribution in [0.15, 0.2) is 160 Å². The molecule has 4 nitrogen and oxygen atoms in total. The summed E-state index contributed by atoms with van der Waals surface area (Å²) in [7, 11) is 0. The molecule has 3 aromatic heterocycles. The number of aliphatic imine (C=N–C) groups is 2. The van der Waals surface area contributed by atoms with Gasteiger partial charge < -0.3 is 4.42 Å². The Morgan fingerprint density at radius 1 is 0.642 bits per heavy atom. The first-order valence-corrected chi connectivity index (χ1v) is 19.0. The Kier molecular flexibility index (Phi) is 8.70. The molecule has 0 fully saturated rings. The van der Waals surface area contributed by atoms with E-state index >= 15 is 0 Å². The van der Waals surface area contributed by atoms with Gasteiger partial charge >= 0.3 is 152 Å².